The maximum absolute atomic E-state index is 13.1. The maximum atomic E-state index is 13.1. The number of methoxy groups -OCH3 is 2. The van der Waals surface area contributed by atoms with E-state index in [0.717, 1.165) is 18.7 Å². The molecule has 0 radical (unpaired) electrons. The molecular weight excluding hydrogens is 408 g/mol. The SMILES string of the molecule is COc1ccc(OC)c(-c2cc(C(=O)N3CCCN(c4ccc(C#N)cc4)CC3)no2)c1. The Morgan fingerprint density at radius 1 is 1.03 bits per heavy atom. The van der Waals surface area contributed by atoms with Gasteiger partial charge in [0.05, 0.1) is 31.4 Å². The van der Waals surface area contributed by atoms with Crippen molar-refractivity contribution in [3.63, 3.8) is 0 Å². The minimum absolute atomic E-state index is 0.163. The standard InChI is InChI=1S/C24H24N4O4/c1-30-19-8-9-22(31-2)20(14-19)23-15-21(26-32-23)24(29)28-11-3-10-27(12-13-28)18-6-4-17(16-25)5-7-18/h4-9,14-15H,3,10-13H2,1-2H3. The Morgan fingerprint density at radius 2 is 1.84 bits per heavy atom. The van der Waals surface area contributed by atoms with E-state index in [1.54, 1.807) is 43.4 Å². The van der Waals surface area contributed by atoms with Crippen LogP contribution in [0.4, 0.5) is 5.69 Å². The summed E-state index contributed by atoms with van der Waals surface area (Å²) in [6.45, 7) is 2.74. The van der Waals surface area contributed by atoms with Crippen LogP contribution in [0, 0.1) is 11.3 Å². The molecule has 2 aromatic carbocycles. The molecule has 0 unspecified atom stereocenters. The molecule has 4 rings (SSSR count). The van der Waals surface area contributed by atoms with Crippen LogP contribution in [0.25, 0.3) is 11.3 Å². The van der Waals surface area contributed by atoms with Crippen LogP contribution in [0.2, 0.25) is 0 Å². The summed E-state index contributed by atoms with van der Waals surface area (Å²) >= 11 is 0. The molecule has 0 bridgehead atoms. The summed E-state index contributed by atoms with van der Waals surface area (Å²) in [4.78, 5) is 17.1. The number of hydrogen-bond acceptors (Lipinski definition) is 7. The van der Waals surface area contributed by atoms with Gasteiger partial charge in [0.25, 0.3) is 5.91 Å². The van der Waals surface area contributed by atoms with E-state index in [1.165, 1.54) is 0 Å². The smallest absolute Gasteiger partial charge is 0.276 e. The van der Waals surface area contributed by atoms with E-state index in [2.05, 4.69) is 16.1 Å². The number of amides is 1. The number of hydrogen-bond donors (Lipinski definition) is 0. The normalized spacial score (nSPS) is 13.9. The minimum atomic E-state index is -0.163. The average molecular weight is 432 g/mol. The first-order valence-electron chi connectivity index (χ1n) is 10.4. The van der Waals surface area contributed by atoms with Crippen LogP contribution in [0.1, 0.15) is 22.5 Å². The van der Waals surface area contributed by atoms with Crippen LogP contribution in [0.5, 0.6) is 11.5 Å². The zero-order chi connectivity index (χ0) is 22.5. The van der Waals surface area contributed by atoms with Crippen molar-refractivity contribution >= 4 is 11.6 Å². The van der Waals surface area contributed by atoms with Crippen molar-refractivity contribution in [2.75, 3.05) is 45.3 Å². The second-order valence-corrected chi connectivity index (χ2v) is 7.43. The zero-order valence-electron chi connectivity index (χ0n) is 18.1. The molecule has 1 aromatic heterocycles. The maximum Gasteiger partial charge on any atom is 0.276 e. The number of carbonyl (C=O) groups is 1. The third-order valence-electron chi connectivity index (χ3n) is 5.55. The number of nitriles is 1. The van der Waals surface area contributed by atoms with Crippen molar-refractivity contribution in [2.24, 2.45) is 0 Å². The van der Waals surface area contributed by atoms with Crippen molar-refractivity contribution in [3.8, 4) is 28.9 Å². The summed E-state index contributed by atoms with van der Waals surface area (Å²) in [5, 5.41) is 13.0. The molecule has 0 saturated carbocycles. The second-order valence-electron chi connectivity index (χ2n) is 7.43. The first-order valence-corrected chi connectivity index (χ1v) is 10.4. The van der Waals surface area contributed by atoms with Crippen LogP contribution < -0.4 is 14.4 Å². The zero-order valence-corrected chi connectivity index (χ0v) is 18.1. The van der Waals surface area contributed by atoms with Crippen molar-refractivity contribution in [2.45, 2.75) is 6.42 Å². The number of ether oxygens (including phenoxy) is 2. The Morgan fingerprint density at radius 3 is 2.56 bits per heavy atom. The van der Waals surface area contributed by atoms with Crippen molar-refractivity contribution in [3.05, 3.63) is 59.8 Å². The van der Waals surface area contributed by atoms with E-state index in [0.29, 0.717) is 48.0 Å². The van der Waals surface area contributed by atoms with Crippen molar-refractivity contribution in [1.29, 1.82) is 5.26 Å². The first kappa shape index (κ1) is 21.2. The molecule has 0 N–H and O–H groups in total. The topological polar surface area (TPSA) is 91.8 Å². The number of anilines is 1. The Bertz CT molecular complexity index is 1130. The molecule has 1 aliphatic rings. The number of rotatable bonds is 5. The van der Waals surface area contributed by atoms with Crippen LogP contribution in [0.3, 0.4) is 0 Å². The summed E-state index contributed by atoms with van der Waals surface area (Å²) in [5.41, 5.74) is 2.61. The third-order valence-corrected chi connectivity index (χ3v) is 5.55. The van der Waals surface area contributed by atoms with Gasteiger partial charge in [-0.25, -0.2) is 0 Å². The quantitative estimate of drug-likeness (QED) is 0.608. The largest absolute Gasteiger partial charge is 0.497 e. The molecule has 1 fully saturated rings. The number of benzene rings is 2. The highest BCUT2D eigenvalue weighted by Gasteiger charge is 2.24. The van der Waals surface area contributed by atoms with Gasteiger partial charge in [-0.3, -0.25) is 4.79 Å². The number of carbonyl (C=O) groups excluding carboxylic acids is 1. The molecule has 8 nitrogen and oxygen atoms in total. The van der Waals surface area contributed by atoms with Crippen molar-refractivity contribution < 1.29 is 18.8 Å². The molecule has 1 amide bonds. The molecule has 3 aromatic rings. The van der Waals surface area contributed by atoms with Crippen molar-refractivity contribution in [1.82, 2.24) is 10.1 Å². The van der Waals surface area contributed by atoms with Gasteiger partial charge in [0, 0.05) is 37.9 Å². The molecule has 0 spiro atoms. The molecule has 32 heavy (non-hydrogen) atoms. The molecule has 164 valence electrons. The van der Waals surface area contributed by atoms with E-state index in [4.69, 9.17) is 19.3 Å². The van der Waals surface area contributed by atoms with Gasteiger partial charge < -0.3 is 23.8 Å². The van der Waals surface area contributed by atoms with Gasteiger partial charge in [0.15, 0.2) is 11.5 Å². The Kier molecular flexibility index (Phi) is 6.26. The van der Waals surface area contributed by atoms with Gasteiger partial charge in [-0.2, -0.15) is 5.26 Å². The lowest BCUT2D eigenvalue weighted by Crippen LogP contribution is -2.35. The minimum Gasteiger partial charge on any atom is -0.497 e. The van der Waals surface area contributed by atoms with Gasteiger partial charge in [-0.1, -0.05) is 5.16 Å². The molecule has 2 heterocycles. The third kappa shape index (κ3) is 4.37. The lowest BCUT2D eigenvalue weighted by atomic mass is 10.1. The van der Waals surface area contributed by atoms with Gasteiger partial charge in [-0.15, -0.1) is 0 Å². The average Bonchev–Trinajstić information content (AvgIpc) is 3.21. The fourth-order valence-electron chi connectivity index (χ4n) is 3.80. The molecule has 8 heteroatoms. The molecule has 1 aliphatic heterocycles. The van der Waals surface area contributed by atoms with E-state index in [9.17, 15) is 4.79 Å². The summed E-state index contributed by atoms with van der Waals surface area (Å²) in [5.74, 6) is 1.54. The first-order chi connectivity index (χ1) is 15.6. The molecular formula is C24H24N4O4. The lowest BCUT2D eigenvalue weighted by Gasteiger charge is -2.23. The van der Waals surface area contributed by atoms with E-state index in [-0.39, 0.29) is 11.6 Å². The monoisotopic (exact) mass is 432 g/mol. The summed E-state index contributed by atoms with van der Waals surface area (Å²) in [6.07, 6.45) is 0.833. The highest BCUT2D eigenvalue weighted by atomic mass is 16.5. The molecule has 1 saturated heterocycles. The second kappa shape index (κ2) is 9.43. The van der Waals surface area contributed by atoms with Gasteiger partial charge in [0.2, 0.25) is 0 Å². The Hall–Kier alpha value is -3.99. The van der Waals surface area contributed by atoms with E-state index < -0.39 is 0 Å². The van der Waals surface area contributed by atoms with Gasteiger partial charge in [-0.05, 0) is 48.9 Å². The van der Waals surface area contributed by atoms with E-state index >= 15 is 0 Å². The van der Waals surface area contributed by atoms with Crippen LogP contribution >= 0.6 is 0 Å². The van der Waals surface area contributed by atoms with E-state index in [1.807, 2.05) is 24.3 Å². The molecule has 0 atom stereocenters. The highest BCUT2D eigenvalue weighted by molar-refractivity contribution is 5.93. The van der Waals surface area contributed by atoms with Crippen LogP contribution in [-0.2, 0) is 0 Å². The Labute approximate surface area is 186 Å². The van der Waals surface area contributed by atoms with Crippen LogP contribution in [-0.4, -0.2) is 56.4 Å². The number of aromatic nitrogens is 1. The Balaban J connectivity index is 1.47. The summed E-state index contributed by atoms with van der Waals surface area (Å²) in [6, 6.07) is 16.7. The fraction of sp³-hybridized carbons (Fsp3) is 0.292. The predicted octanol–water partition coefficient (Wildman–Crippen LogP) is 3.58. The van der Waals surface area contributed by atoms with Crippen LogP contribution in [0.15, 0.2) is 53.1 Å². The fourth-order valence-corrected chi connectivity index (χ4v) is 3.80. The summed E-state index contributed by atoms with van der Waals surface area (Å²) in [7, 11) is 3.16. The summed E-state index contributed by atoms with van der Waals surface area (Å²) < 4.78 is 16.2. The number of nitrogens with zero attached hydrogens (tertiary/aromatic N) is 4. The highest BCUT2D eigenvalue weighted by Crippen LogP contribution is 2.34. The van der Waals surface area contributed by atoms with Gasteiger partial charge in [0.1, 0.15) is 11.5 Å². The molecule has 0 aliphatic carbocycles. The van der Waals surface area contributed by atoms with Gasteiger partial charge >= 0.3 is 0 Å². The predicted molar refractivity (Wildman–Crippen MR) is 119 cm³/mol. The lowest BCUT2D eigenvalue weighted by molar-refractivity contribution is 0.0756.